The molecule has 2 rings (SSSR count). The lowest BCUT2D eigenvalue weighted by Gasteiger charge is -2.26. The summed E-state index contributed by atoms with van der Waals surface area (Å²) in [5.74, 6) is -0.990. The van der Waals surface area contributed by atoms with Crippen LogP contribution < -0.4 is 5.32 Å². The van der Waals surface area contributed by atoms with Crippen LogP contribution in [0.3, 0.4) is 0 Å². The van der Waals surface area contributed by atoms with Crippen molar-refractivity contribution in [2.75, 3.05) is 32.9 Å². The molecule has 28 heavy (non-hydrogen) atoms. The van der Waals surface area contributed by atoms with Gasteiger partial charge in [0.15, 0.2) is 6.61 Å². The van der Waals surface area contributed by atoms with Gasteiger partial charge in [-0.05, 0) is 31.0 Å². The molecule has 1 saturated heterocycles. The van der Waals surface area contributed by atoms with Crippen LogP contribution in [0.4, 0.5) is 0 Å². The quantitative estimate of drug-likeness (QED) is 0.657. The molecule has 0 aromatic heterocycles. The number of hydrogen-bond donors (Lipinski definition) is 1. The van der Waals surface area contributed by atoms with Crippen molar-refractivity contribution in [2.45, 2.75) is 31.7 Å². The molecule has 0 aliphatic carbocycles. The molecule has 1 aromatic carbocycles. The fraction of sp³-hybridized carbons (Fsp3) is 0.556. The third-order valence-corrected chi connectivity index (χ3v) is 6.86. The highest BCUT2D eigenvalue weighted by Gasteiger charge is 2.29. The molecule has 1 heterocycles. The minimum atomic E-state index is -3.87. The molecule has 0 bridgehead atoms. The van der Waals surface area contributed by atoms with E-state index in [2.05, 4.69) is 5.32 Å². The lowest BCUT2D eigenvalue weighted by atomic mass is 10.1. The van der Waals surface area contributed by atoms with E-state index in [1.165, 1.54) is 22.5 Å². The first-order valence-electron chi connectivity index (χ1n) is 8.97. The molecule has 0 spiro atoms. The number of carbonyl (C=O) groups excluding carboxylic acids is 2. The molecule has 1 aliphatic heterocycles. The van der Waals surface area contributed by atoms with Crippen LogP contribution >= 0.6 is 11.6 Å². The van der Waals surface area contributed by atoms with Gasteiger partial charge in [-0.15, -0.1) is 0 Å². The topological polar surface area (TPSA) is 102 Å². The number of nitrogens with one attached hydrogen (secondary N) is 1. The molecule has 1 aliphatic rings. The highest BCUT2D eigenvalue weighted by Crippen LogP contribution is 2.26. The van der Waals surface area contributed by atoms with E-state index >= 15 is 0 Å². The molecular weight excluding hydrogens is 408 g/mol. The standard InChI is InChI=1S/C18H25ClN2O6S/c1-12(2)13(3)20-17(22)11-27-18(23)14-4-5-15(19)16(10-14)28(24,25)21-6-8-26-9-7-21/h4-5,10,12-13H,6-9,11H2,1-3H3,(H,20,22). The summed E-state index contributed by atoms with van der Waals surface area (Å²) in [5, 5.41) is 2.73. The van der Waals surface area contributed by atoms with Crippen molar-refractivity contribution < 1.29 is 27.5 Å². The van der Waals surface area contributed by atoms with Crippen LogP contribution in [0.25, 0.3) is 0 Å². The molecule has 1 fully saturated rings. The highest BCUT2D eigenvalue weighted by atomic mass is 35.5. The lowest BCUT2D eigenvalue weighted by molar-refractivity contribution is -0.125. The number of halogens is 1. The molecule has 1 aromatic rings. The van der Waals surface area contributed by atoms with Crippen molar-refractivity contribution in [3.63, 3.8) is 0 Å². The SMILES string of the molecule is CC(C)C(C)NC(=O)COC(=O)c1ccc(Cl)c(S(=O)(=O)N2CCOCC2)c1. The number of sulfonamides is 1. The first kappa shape index (κ1) is 22.6. The van der Waals surface area contributed by atoms with Crippen molar-refractivity contribution in [2.24, 2.45) is 5.92 Å². The molecule has 156 valence electrons. The summed E-state index contributed by atoms with van der Waals surface area (Å²) >= 11 is 6.07. The number of ether oxygens (including phenoxy) is 2. The van der Waals surface area contributed by atoms with Gasteiger partial charge < -0.3 is 14.8 Å². The summed E-state index contributed by atoms with van der Waals surface area (Å²) in [6.07, 6.45) is 0. The predicted molar refractivity (Wildman–Crippen MR) is 104 cm³/mol. The second-order valence-electron chi connectivity index (χ2n) is 6.84. The monoisotopic (exact) mass is 432 g/mol. The van der Waals surface area contributed by atoms with Crippen LogP contribution in [0.15, 0.2) is 23.1 Å². The van der Waals surface area contributed by atoms with Gasteiger partial charge in [0.1, 0.15) is 4.90 Å². The van der Waals surface area contributed by atoms with Crippen LogP contribution in [-0.4, -0.2) is 63.6 Å². The van der Waals surface area contributed by atoms with Crippen molar-refractivity contribution in [3.8, 4) is 0 Å². The van der Waals surface area contributed by atoms with Gasteiger partial charge in [0, 0.05) is 19.1 Å². The minimum absolute atomic E-state index is 0.000873. The summed E-state index contributed by atoms with van der Waals surface area (Å²) in [5.41, 5.74) is 0.000873. The number of esters is 1. The van der Waals surface area contributed by atoms with E-state index in [-0.39, 0.29) is 40.5 Å². The number of benzene rings is 1. The summed E-state index contributed by atoms with van der Waals surface area (Å²) in [6.45, 7) is 6.33. The Balaban J connectivity index is 2.09. The van der Waals surface area contributed by atoms with Gasteiger partial charge in [0.25, 0.3) is 5.91 Å². The fourth-order valence-electron chi connectivity index (χ4n) is 2.43. The maximum Gasteiger partial charge on any atom is 0.338 e. The number of hydrogen-bond acceptors (Lipinski definition) is 6. The molecule has 1 atom stereocenters. The number of amides is 1. The third kappa shape index (κ3) is 5.66. The number of carbonyl (C=O) groups is 2. The molecule has 0 radical (unpaired) electrons. The molecule has 10 heteroatoms. The molecular formula is C18H25ClN2O6S. The Hall–Kier alpha value is -1.68. The number of rotatable bonds is 7. The number of nitrogens with zero attached hydrogens (tertiary/aromatic N) is 1. The van der Waals surface area contributed by atoms with E-state index in [4.69, 9.17) is 21.1 Å². The minimum Gasteiger partial charge on any atom is -0.452 e. The zero-order chi connectivity index (χ0) is 20.9. The maximum absolute atomic E-state index is 12.8. The molecule has 8 nitrogen and oxygen atoms in total. The van der Waals surface area contributed by atoms with Gasteiger partial charge in [0.2, 0.25) is 10.0 Å². The van der Waals surface area contributed by atoms with Crippen molar-refractivity contribution in [3.05, 3.63) is 28.8 Å². The average Bonchev–Trinajstić information content (AvgIpc) is 2.66. The average molecular weight is 433 g/mol. The van der Waals surface area contributed by atoms with E-state index in [1.54, 1.807) is 0 Å². The molecule has 1 unspecified atom stereocenters. The van der Waals surface area contributed by atoms with Crippen LogP contribution in [0.5, 0.6) is 0 Å². The van der Waals surface area contributed by atoms with Gasteiger partial charge >= 0.3 is 5.97 Å². The first-order chi connectivity index (χ1) is 13.1. The fourth-order valence-corrected chi connectivity index (χ4v) is 4.34. The molecule has 0 saturated carbocycles. The lowest BCUT2D eigenvalue weighted by Crippen LogP contribution is -2.40. The second kappa shape index (κ2) is 9.69. The highest BCUT2D eigenvalue weighted by molar-refractivity contribution is 7.89. The second-order valence-corrected chi connectivity index (χ2v) is 9.15. The van der Waals surface area contributed by atoms with E-state index in [0.717, 1.165) is 0 Å². The van der Waals surface area contributed by atoms with Gasteiger partial charge in [-0.25, -0.2) is 13.2 Å². The Labute approximate surface area is 170 Å². The van der Waals surface area contributed by atoms with Crippen LogP contribution in [0, 0.1) is 5.92 Å². The summed E-state index contributed by atoms with van der Waals surface area (Å²) < 4.78 is 37.0. The van der Waals surface area contributed by atoms with Gasteiger partial charge in [-0.1, -0.05) is 25.4 Å². The van der Waals surface area contributed by atoms with E-state index in [1.807, 2.05) is 20.8 Å². The summed E-state index contributed by atoms with van der Waals surface area (Å²) in [6, 6.07) is 3.79. The van der Waals surface area contributed by atoms with E-state index in [0.29, 0.717) is 13.2 Å². The number of morpholine rings is 1. The van der Waals surface area contributed by atoms with Crippen molar-refractivity contribution in [1.29, 1.82) is 0 Å². The largest absolute Gasteiger partial charge is 0.452 e. The summed E-state index contributed by atoms with van der Waals surface area (Å²) in [7, 11) is -3.87. The third-order valence-electron chi connectivity index (χ3n) is 4.48. The zero-order valence-corrected chi connectivity index (χ0v) is 17.7. The Bertz CT molecular complexity index is 821. The van der Waals surface area contributed by atoms with Crippen LogP contribution in [0.2, 0.25) is 5.02 Å². The van der Waals surface area contributed by atoms with Crippen LogP contribution in [-0.2, 0) is 24.3 Å². The normalized spacial score (nSPS) is 16.6. The van der Waals surface area contributed by atoms with Crippen LogP contribution in [0.1, 0.15) is 31.1 Å². The van der Waals surface area contributed by atoms with Gasteiger partial charge in [-0.3, -0.25) is 4.79 Å². The molecule has 1 N–H and O–H groups in total. The Morgan fingerprint density at radius 2 is 1.89 bits per heavy atom. The Morgan fingerprint density at radius 3 is 2.50 bits per heavy atom. The smallest absolute Gasteiger partial charge is 0.338 e. The van der Waals surface area contributed by atoms with Crippen molar-refractivity contribution >= 4 is 33.5 Å². The molecule has 1 amide bonds. The van der Waals surface area contributed by atoms with E-state index < -0.39 is 28.5 Å². The Morgan fingerprint density at radius 1 is 1.25 bits per heavy atom. The zero-order valence-electron chi connectivity index (χ0n) is 16.1. The first-order valence-corrected chi connectivity index (χ1v) is 10.8. The summed E-state index contributed by atoms with van der Waals surface area (Å²) in [4.78, 5) is 23.9. The predicted octanol–water partition coefficient (Wildman–Crippen LogP) is 1.68. The van der Waals surface area contributed by atoms with Crippen molar-refractivity contribution in [1.82, 2.24) is 9.62 Å². The Kier molecular flexibility index (Phi) is 7.82. The maximum atomic E-state index is 12.8. The van der Waals surface area contributed by atoms with Gasteiger partial charge in [-0.2, -0.15) is 4.31 Å². The van der Waals surface area contributed by atoms with Gasteiger partial charge in [0.05, 0.1) is 23.8 Å². The van der Waals surface area contributed by atoms with E-state index in [9.17, 15) is 18.0 Å².